The van der Waals surface area contributed by atoms with Crippen molar-refractivity contribution in [3.05, 3.63) is 72.9 Å². The van der Waals surface area contributed by atoms with Crippen LogP contribution in [0.4, 0.5) is 0 Å². The van der Waals surface area contributed by atoms with Gasteiger partial charge in [-0.05, 0) is 109 Å². The lowest BCUT2D eigenvalue weighted by molar-refractivity contribution is -0.302. The maximum absolute atomic E-state index is 13.0. The molecule has 0 spiro atoms. The summed E-state index contributed by atoms with van der Waals surface area (Å²) >= 11 is 0. The smallest absolute Gasteiger partial charge is 0.305 e. The van der Waals surface area contributed by atoms with E-state index < -0.39 is 49.5 Å². The number of carbonyl (C=O) groups is 2. The quantitative estimate of drug-likeness (QED) is 0.0195. The fourth-order valence-electron chi connectivity index (χ4n) is 9.80. The van der Waals surface area contributed by atoms with Crippen molar-refractivity contribution in [3.63, 3.8) is 0 Å². The van der Waals surface area contributed by atoms with E-state index >= 15 is 0 Å². The van der Waals surface area contributed by atoms with Crippen LogP contribution in [0.2, 0.25) is 0 Å². The highest BCUT2D eigenvalue weighted by Gasteiger charge is 2.44. The van der Waals surface area contributed by atoms with Crippen molar-refractivity contribution in [2.24, 2.45) is 0 Å². The first kappa shape index (κ1) is 74.1. The number of ether oxygens (including phenoxy) is 3. The van der Waals surface area contributed by atoms with Crippen LogP contribution in [0.3, 0.4) is 0 Å². The lowest BCUT2D eigenvalue weighted by atomic mass is 9.99. The summed E-state index contributed by atoms with van der Waals surface area (Å²) in [5, 5.41) is 54.2. The molecule has 1 rings (SSSR count). The van der Waals surface area contributed by atoms with E-state index in [4.69, 9.17) is 14.2 Å². The van der Waals surface area contributed by atoms with Crippen LogP contribution in [0.25, 0.3) is 0 Å². The van der Waals surface area contributed by atoms with Gasteiger partial charge in [-0.25, -0.2) is 0 Å². The minimum Gasteiger partial charge on any atom is -0.466 e. The number of allylic oxidation sites excluding steroid dienone is 11. The monoisotopic (exact) mass is 1110 g/mol. The maximum Gasteiger partial charge on any atom is 0.305 e. The molecule has 458 valence electrons. The maximum atomic E-state index is 13.0. The second kappa shape index (κ2) is 56.9. The number of aliphatic hydroxyl groups is 5. The van der Waals surface area contributed by atoms with Crippen molar-refractivity contribution in [1.29, 1.82) is 0 Å². The molecule has 6 N–H and O–H groups in total. The zero-order valence-corrected chi connectivity index (χ0v) is 50.6. The Hall–Kier alpha value is -2.90. The summed E-state index contributed by atoms with van der Waals surface area (Å²) in [6.45, 7) is 4.23. The van der Waals surface area contributed by atoms with Gasteiger partial charge in [0.05, 0.1) is 32.0 Å². The Balaban J connectivity index is 1.98. The number of rotatable bonds is 56. The summed E-state index contributed by atoms with van der Waals surface area (Å²) in [4.78, 5) is 25.1. The van der Waals surface area contributed by atoms with Crippen LogP contribution in [0.1, 0.15) is 284 Å². The molecule has 0 aromatic carbocycles. The Morgan fingerprint density at radius 2 is 0.861 bits per heavy atom. The third kappa shape index (κ3) is 46.3. The average Bonchev–Trinajstić information content (AvgIpc) is 3.47. The molecule has 1 aliphatic rings. The Morgan fingerprint density at radius 1 is 0.468 bits per heavy atom. The van der Waals surface area contributed by atoms with Gasteiger partial charge in [-0.1, -0.05) is 234 Å². The van der Waals surface area contributed by atoms with Crippen molar-refractivity contribution in [2.45, 2.75) is 326 Å². The molecule has 0 saturated carbocycles. The number of amides is 1. The van der Waals surface area contributed by atoms with Crippen molar-refractivity contribution in [1.82, 2.24) is 5.32 Å². The summed E-state index contributed by atoms with van der Waals surface area (Å²) in [5.74, 6) is -0.216. The van der Waals surface area contributed by atoms with Crippen LogP contribution in [-0.4, -0.2) is 100 Å². The number of carbonyl (C=O) groups excluding carboxylic acids is 2. The summed E-state index contributed by atoms with van der Waals surface area (Å²) in [5.41, 5.74) is 0. The molecule has 11 nitrogen and oxygen atoms in total. The highest BCUT2D eigenvalue weighted by molar-refractivity contribution is 5.76. The van der Waals surface area contributed by atoms with Crippen molar-refractivity contribution < 1.29 is 49.3 Å². The van der Waals surface area contributed by atoms with E-state index in [2.05, 4.69) is 79.9 Å². The molecule has 1 amide bonds. The largest absolute Gasteiger partial charge is 0.466 e. The Labute approximate surface area is 483 Å². The van der Waals surface area contributed by atoms with Gasteiger partial charge in [0.1, 0.15) is 24.4 Å². The van der Waals surface area contributed by atoms with Crippen LogP contribution in [0, 0.1) is 0 Å². The van der Waals surface area contributed by atoms with Crippen molar-refractivity contribution in [3.8, 4) is 0 Å². The van der Waals surface area contributed by atoms with Crippen LogP contribution >= 0.6 is 0 Å². The van der Waals surface area contributed by atoms with E-state index in [0.29, 0.717) is 19.4 Å². The number of nitrogens with one attached hydrogen (secondary N) is 1. The van der Waals surface area contributed by atoms with E-state index in [1.165, 1.54) is 161 Å². The SMILES string of the molecule is CCCCC/C=C\C/C=C\CCCCCCCCCCCC(=O)OCCCCCCCCCCC/C=C\C/C=C\CCCCCCCCCC(=O)NC(COC1OC(CO)C(O)C(O)C1O)C(O)/C=C/CC/C=C/CCCCC. The highest BCUT2D eigenvalue weighted by Crippen LogP contribution is 2.23. The molecule has 0 radical (unpaired) electrons. The summed E-state index contributed by atoms with van der Waals surface area (Å²) in [6.07, 6.45) is 66.0. The standard InChI is InChI=1S/C68H121NO10/c1-3-5-7-9-11-13-14-15-16-17-23-27-30-33-36-40-44-48-52-56-64(73)77-57-53-49-45-41-37-34-31-28-25-22-20-18-19-21-24-26-29-32-35-39-43-47-51-55-63(72)69-60(61(71)54-50-46-42-38-12-10-8-6-4-2)59-78-68-67(76)66(75)65(74)62(58-70)79-68/h11-13,15-16,18,20-21,24,38,50,54,60-62,65-68,70-71,74-76H,3-10,14,17,19,22-23,25-37,39-49,51-53,55-59H2,1-2H3,(H,69,72)/b13-11-,16-15-,20-18-,24-21-,38-12+,54-50+. The molecule has 1 aliphatic heterocycles. The minimum atomic E-state index is -1.58. The molecule has 79 heavy (non-hydrogen) atoms. The van der Waals surface area contributed by atoms with E-state index in [1.807, 2.05) is 6.08 Å². The van der Waals surface area contributed by atoms with Crippen LogP contribution in [0.5, 0.6) is 0 Å². The van der Waals surface area contributed by atoms with Gasteiger partial charge in [0, 0.05) is 12.8 Å². The Morgan fingerprint density at radius 3 is 1.33 bits per heavy atom. The molecule has 0 aromatic rings. The molecule has 0 aliphatic carbocycles. The molecule has 0 aromatic heterocycles. The number of hydrogen-bond donors (Lipinski definition) is 6. The highest BCUT2D eigenvalue weighted by atomic mass is 16.7. The number of aliphatic hydroxyl groups excluding tert-OH is 5. The van der Waals surface area contributed by atoms with E-state index in [1.54, 1.807) is 6.08 Å². The van der Waals surface area contributed by atoms with Gasteiger partial charge in [-0.2, -0.15) is 0 Å². The molecule has 7 atom stereocenters. The van der Waals surface area contributed by atoms with Crippen LogP contribution in [-0.2, 0) is 23.8 Å². The molecule has 1 fully saturated rings. The van der Waals surface area contributed by atoms with Crippen molar-refractivity contribution >= 4 is 11.9 Å². The third-order valence-corrected chi connectivity index (χ3v) is 15.0. The van der Waals surface area contributed by atoms with Gasteiger partial charge in [0.2, 0.25) is 5.91 Å². The predicted octanol–water partition coefficient (Wildman–Crippen LogP) is 16.0. The molecular weight excluding hydrogens is 991 g/mol. The zero-order valence-electron chi connectivity index (χ0n) is 50.6. The topological polar surface area (TPSA) is 175 Å². The molecule has 0 bridgehead atoms. The van der Waals surface area contributed by atoms with Gasteiger partial charge in [-0.3, -0.25) is 9.59 Å². The minimum absolute atomic E-state index is 0.00978. The summed E-state index contributed by atoms with van der Waals surface area (Å²) < 4.78 is 16.7. The molecule has 11 heteroatoms. The van der Waals surface area contributed by atoms with E-state index in [0.717, 1.165) is 96.3 Å². The number of esters is 1. The predicted molar refractivity (Wildman–Crippen MR) is 329 cm³/mol. The van der Waals surface area contributed by atoms with Gasteiger partial charge in [0.15, 0.2) is 6.29 Å². The van der Waals surface area contributed by atoms with Gasteiger partial charge < -0.3 is 45.1 Å². The van der Waals surface area contributed by atoms with E-state index in [-0.39, 0.29) is 18.5 Å². The number of unbranched alkanes of at least 4 members (excludes halogenated alkanes) is 32. The zero-order chi connectivity index (χ0) is 57.3. The van der Waals surface area contributed by atoms with Gasteiger partial charge >= 0.3 is 5.97 Å². The first-order chi connectivity index (χ1) is 38.7. The van der Waals surface area contributed by atoms with Crippen LogP contribution < -0.4 is 5.32 Å². The van der Waals surface area contributed by atoms with Gasteiger partial charge in [0.25, 0.3) is 0 Å². The summed E-state index contributed by atoms with van der Waals surface area (Å²) in [7, 11) is 0. The Kier molecular flexibility index (Phi) is 53.4. The number of hydrogen-bond acceptors (Lipinski definition) is 10. The Bertz CT molecular complexity index is 1540. The normalized spacial score (nSPS) is 18.9. The average molecular weight is 1110 g/mol. The molecular formula is C68H121NO10. The third-order valence-electron chi connectivity index (χ3n) is 15.0. The fraction of sp³-hybridized carbons (Fsp3) is 0.794. The lowest BCUT2D eigenvalue weighted by Crippen LogP contribution is -2.60. The first-order valence-corrected chi connectivity index (χ1v) is 32.7. The molecule has 7 unspecified atom stereocenters. The fourth-order valence-corrected chi connectivity index (χ4v) is 9.80. The van der Waals surface area contributed by atoms with Crippen LogP contribution in [0.15, 0.2) is 72.9 Å². The molecule has 1 saturated heterocycles. The second-order valence-electron chi connectivity index (χ2n) is 22.4. The second-order valence-corrected chi connectivity index (χ2v) is 22.4. The van der Waals surface area contributed by atoms with Crippen molar-refractivity contribution in [2.75, 3.05) is 19.8 Å². The van der Waals surface area contributed by atoms with E-state index in [9.17, 15) is 35.1 Å². The summed E-state index contributed by atoms with van der Waals surface area (Å²) in [6, 6.07) is -0.835. The first-order valence-electron chi connectivity index (χ1n) is 32.7. The van der Waals surface area contributed by atoms with Gasteiger partial charge in [-0.15, -0.1) is 0 Å². The lowest BCUT2D eigenvalue weighted by Gasteiger charge is -2.40. The molecule has 1 heterocycles.